The summed E-state index contributed by atoms with van der Waals surface area (Å²) in [5.74, 6) is -3.20. The van der Waals surface area contributed by atoms with Crippen molar-refractivity contribution in [1.82, 2.24) is 4.90 Å². The van der Waals surface area contributed by atoms with E-state index in [1.54, 1.807) is 96.0 Å². The lowest BCUT2D eigenvalue weighted by atomic mass is 9.85. The quantitative estimate of drug-likeness (QED) is 0.320. The number of halogens is 2. The third-order valence-electron chi connectivity index (χ3n) is 7.31. The number of fused-ring (bicyclic) bond motifs is 3. The lowest BCUT2D eigenvalue weighted by molar-refractivity contribution is -0.123. The third-order valence-corrected chi connectivity index (χ3v) is 7.80. The van der Waals surface area contributed by atoms with Gasteiger partial charge in [-0.3, -0.25) is 19.2 Å². The van der Waals surface area contributed by atoms with Crippen LogP contribution in [0.15, 0.2) is 103 Å². The number of benzene rings is 3. The Kier molecular flexibility index (Phi) is 6.01. The molecule has 0 unspecified atom stereocenters. The highest BCUT2D eigenvalue weighted by Crippen LogP contribution is 2.47. The molecular weight excluding hydrogens is 523 g/mol. The van der Waals surface area contributed by atoms with Gasteiger partial charge in [0.25, 0.3) is 0 Å². The van der Waals surface area contributed by atoms with Crippen LogP contribution in [-0.2, 0) is 9.59 Å². The normalized spacial score (nSPS) is 23.8. The summed E-state index contributed by atoms with van der Waals surface area (Å²) in [4.78, 5) is 57.6. The number of hydrogen-bond acceptors (Lipinski definition) is 5. The fourth-order valence-corrected chi connectivity index (χ4v) is 5.92. The van der Waals surface area contributed by atoms with E-state index in [1.165, 1.54) is 0 Å². The maximum absolute atomic E-state index is 13.8. The number of anilines is 1. The number of allylic oxidation sites excluding steroid dienone is 2. The number of imide groups is 1. The summed E-state index contributed by atoms with van der Waals surface area (Å²) in [7, 11) is 0. The molecule has 3 aliphatic rings. The molecule has 2 saturated heterocycles. The zero-order valence-corrected chi connectivity index (χ0v) is 21.3. The van der Waals surface area contributed by atoms with Gasteiger partial charge >= 0.3 is 0 Å². The van der Waals surface area contributed by atoms with Gasteiger partial charge in [0.05, 0.1) is 23.6 Å². The summed E-state index contributed by atoms with van der Waals surface area (Å²) >= 11 is 12.2. The molecule has 2 amide bonds. The molecule has 3 aromatic rings. The summed E-state index contributed by atoms with van der Waals surface area (Å²) in [5.41, 5.74) is 1.64. The predicted octanol–water partition coefficient (Wildman–Crippen LogP) is 5.37. The summed E-state index contributed by atoms with van der Waals surface area (Å²) in [5, 5.41) is 0.861. The minimum atomic E-state index is -0.943. The van der Waals surface area contributed by atoms with E-state index in [0.717, 1.165) is 4.90 Å². The molecule has 3 aliphatic heterocycles. The molecule has 0 N–H and O–H groups in total. The maximum atomic E-state index is 13.8. The van der Waals surface area contributed by atoms with Gasteiger partial charge in [0.2, 0.25) is 11.8 Å². The minimum Gasteiger partial charge on any atom is -0.359 e. The Morgan fingerprint density at radius 3 is 2.16 bits per heavy atom. The van der Waals surface area contributed by atoms with Crippen molar-refractivity contribution in [2.45, 2.75) is 12.1 Å². The number of rotatable bonds is 5. The van der Waals surface area contributed by atoms with E-state index < -0.39 is 35.7 Å². The zero-order chi connectivity index (χ0) is 26.6. The molecule has 3 aromatic carbocycles. The highest BCUT2D eigenvalue weighted by atomic mass is 35.5. The number of carbonyl (C=O) groups is 4. The van der Waals surface area contributed by atoms with Gasteiger partial charge in [0.15, 0.2) is 11.6 Å². The smallest absolute Gasteiger partial charge is 0.240 e. The highest BCUT2D eigenvalue weighted by molar-refractivity contribution is 6.32. The number of carbonyl (C=O) groups excluding carboxylic acids is 4. The van der Waals surface area contributed by atoms with Crippen LogP contribution in [0.3, 0.4) is 0 Å². The van der Waals surface area contributed by atoms with Gasteiger partial charge in [-0.1, -0.05) is 65.7 Å². The van der Waals surface area contributed by atoms with Gasteiger partial charge in [-0.15, -0.1) is 0 Å². The van der Waals surface area contributed by atoms with E-state index in [9.17, 15) is 19.2 Å². The van der Waals surface area contributed by atoms with Crippen molar-refractivity contribution in [3.05, 3.63) is 124 Å². The first-order chi connectivity index (χ1) is 18.3. The third kappa shape index (κ3) is 3.88. The SMILES string of the molecule is O=C(C1=C[C@H]2[C@@H]3C(=O)N(c4cccc(Cl)c4)C(=O)[C@@H]3[C@H](C(=O)c3ccc(Cl)cc3)N2C=C1)c1ccccc1. The second kappa shape index (κ2) is 9.39. The van der Waals surface area contributed by atoms with Crippen LogP contribution in [0.5, 0.6) is 0 Å². The molecule has 188 valence electrons. The van der Waals surface area contributed by atoms with Crippen molar-refractivity contribution < 1.29 is 19.2 Å². The fraction of sp³-hybridized carbons (Fsp3) is 0.133. The average molecular weight is 543 g/mol. The van der Waals surface area contributed by atoms with Crippen LogP contribution in [0.25, 0.3) is 0 Å². The molecule has 0 bridgehead atoms. The molecule has 6 rings (SSSR count). The molecule has 3 heterocycles. The van der Waals surface area contributed by atoms with Crippen LogP contribution in [-0.4, -0.2) is 40.4 Å². The molecule has 0 saturated carbocycles. The first kappa shape index (κ1) is 24.3. The molecule has 0 spiro atoms. The first-order valence-corrected chi connectivity index (χ1v) is 12.8. The highest BCUT2D eigenvalue weighted by Gasteiger charge is 2.63. The van der Waals surface area contributed by atoms with Gasteiger partial charge in [-0.2, -0.15) is 0 Å². The van der Waals surface area contributed by atoms with Crippen LogP contribution >= 0.6 is 23.2 Å². The van der Waals surface area contributed by atoms with Crippen molar-refractivity contribution in [3.8, 4) is 0 Å². The molecule has 8 heteroatoms. The van der Waals surface area contributed by atoms with E-state index >= 15 is 0 Å². The van der Waals surface area contributed by atoms with E-state index in [-0.39, 0.29) is 11.6 Å². The molecule has 0 aliphatic carbocycles. The van der Waals surface area contributed by atoms with Crippen molar-refractivity contribution >= 4 is 52.3 Å². The largest absolute Gasteiger partial charge is 0.359 e. The molecule has 4 atom stereocenters. The second-order valence-corrected chi connectivity index (χ2v) is 10.3. The molecule has 2 fully saturated rings. The first-order valence-electron chi connectivity index (χ1n) is 12.1. The van der Waals surface area contributed by atoms with Gasteiger partial charge < -0.3 is 4.90 Å². The predicted molar refractivity (Wildman–Crippen MR) is 144 cm³/mol. The maximum Gasteiger partial charge on any atom is 0.240 e. The lowest BCUT2D eigenvalue weighted by Gasteiger charge is -2.32. The van der Waals surface area contributed by atoms with Crippen LogP contribution < -0.4 is 4.90 Å². The number of Topliss-reactive ketones (excluding diaryl/α,β-unsaturated/α-hetero) is 2. The van der Waals surface area contributed by atoms with Crippen molar-refractivity contribution in [2.75, 3.05) is 4.90 Å². The van der Waals surface area contributed by atoms with Crippen molar-refractivity contribution in [2.24, 2.45) is 11.8 Å². The number of hydrogen-bond donors (Lipinski definition) is 0. The molecular formula is C30H20Cl2N2O4. The van der Waals surface area contributed by atoms with Gasteiger partial charge in [-0.25, -0.2) is 4.90 Å². The molecule has 0 radical (unpaired) electrons. The fourth-order valence-electron chi connectivity index (χ4n) is 5.61. The van der Waals surface area contributed by atoms with E-state index in [0.29, 0.717) is 32.4 Å². The lowest BCUT2D eigenvalue weighted by Crippen LogP contribution is -2.46. The van der Waals surface area contributed by atoms with Gasteiger partial charge in [0, 0.05) is 32.9 Å². The van der Waals surface area contributed by atoms with E-state index in [4.69, 9.17) is 23.2 Å². The molecule has 0 aromatic heterocycles. The summed E-state index contributed by atoms with van der Waals surface area (Å²) in [6.45, 7) is 0. The van der Waals surface area contributed by atoms with Crippen LogP contribution in [0.2, 0.25) is 10.0 Å². The Morgan fingerprint density at radius 1 is 0.737 bits per heavy atom. The number of nitrogens with zero attached hydrogens (tertiary/aromatic N) is 2. The molecule has 6 nitrogen and oxygen atoms in total. The summed E-state index contributed by atoms with van der Waals surface area (Å²) in [6.07, 6.45) is 5.00. The Balaban J connectivity index is 1.44. The number of ketones is 2. The Bertz CT molecular complexity index is 1550. The minimum absolute atomic E-state index is 0.200. The molecule has 38 heavy (non-hydrogen) atoms. The monoisotopic (exact) mass is 542 g/mol. The standard InChI is InChI=1S/C30H20Cl2N2O4/c31-20-11-9-18(10-12-20)28(36)26-25-24(29(37)34(30(25)38)22-8-4-7-21(32)16-22)23-15-19(13-14-33(23)26)27(35)17-5-2-1-3-6-17/h1-16,23-26H/t23-,24-,25-,26+/m0/s1. The zero-order valence-electron chi connectivity index (χ0n) is 19.8. The van der Waals surface area contributed by atoms with Gasteiger partial charge in [0.1, 0.15) is 6.04 Å². The second-order valence-electron chi connectivity index (χ2n) is 9.43. The summed E-state index contributed by atoms with van der Waals surface area (Å²) < 4.78 is 0. The van der Waals surface area contributed by atoms with E-state index in [2.05, 4.69) is 0 Å². The van der Waals surface area contributed by atoms with E-state index in [1.807, 2.05) is 6.07 Å². The van der Waals surface area contributed by atoms with Crippen molar-refractivity contribution in [3.63, 3.8) is 0 Å². The topological polar surface area (TPSA) is 74.8 Å². The van der Waals surface area contributed by atoms with Crippen LogP contribution in [0, 0.1) is 11.8 Å². The van der Waals surface area contributed by atoms with Crippen LogP contribution in [0.1, 0.15) is 20.7 Å². The van der Waals surface area contributed by atoms with Gasteiger partial charge in [-0.05, 0) is 48.5 Å². The van der Waals surface area contributed by atoms with Crippen LogP contribution in [0.4, 0.5) is 5.69 Å². The van der Waals surface area contributed by atoms with Crippen molar-refractivity contribution in [1.29, 1.82) is 0 Å². The Labute approximate surface area is 228 Å². The Hall–Kier alpha value is -4.00. The Morgan fingerprint density at radius 2 is 1.45 bits per heavy atom. The summed E-state index contributed by atoms with van der Waals surface area (Å²) in [6, 6.07) is 20.2. The number of amides is 2. The average Bonchev–Trinajstić information content (AvgIpc) is 3.40.